The highest BCUT2D eigenvalue weighted by Crippen LogP contribution is 2.47. The van der Waals surface area contributed by atoms with Gasteiger partial charge in [0.05, 0.1) is 10.9 Å². The minimum atomic E-state index is -0.583. The van der Waals surface area contributed by atoms with Crippen LogP contribution in [-0.2, 0) is 9.59 Å². The summed E-state index contributed by atoms with van der Waals surface area (Å²) >= 11 is 5.65. The molecule has 7 nitrogen and oxygen atoms in total. The van der Waals surface area contributed by atoms with Crippen molar-refractivity contribution >= 4 is 23.4 Å². The van der Waals surface area contributed by atoms with Gasteiger partial charge in [-0.15, -0.1) is 0 Å². The van der Waals surface area contributed by atoms with Gasteiger partial charge >= 0.3 is 0 Å². The SMILES string of the molecule is CCN1CC(C(=O)NC2C[C@H](NC(=O)COc3ccc(Cl)c(F)c3)C3CCC23)CN1. The van der Waals surface area contributed by atoms with Gasteiger partial charge in [0.25, 0.3) is 5.91 Å². The zero-order valence-electron chi connectivity index (χ0n) is 17.0. The molecule has 4 unspecified atom stereocenters. The normalized spacial score (nSPS) is 30.4. The zero-order chi connectivity index (χ0) is 21.3. The first-order chi connectivity index (χ1) is 14.4. The summed E-state index contributed by atoms with van der Waals surface area (Å²) in [6.45, 7) is 4.14. The van der Waals surface area contributed by atoms with Gasteiger partial charge in [0, 0.05) is 37.8 Å². The molecule has 3 fully saturated rings. The lowest BCUT2D eigenvalue weighted by atomic mass is 9.73. The van der Waals surface area contributed by atoms with E-state index in [1.807, 2.05) is 0 Å². The van der Waals surface area contributed by atoms with Crippen LogP contribution in [0.15, 0.2) is 18.2 Å². The standard InChI is InChI=1S/C21H28ClFN4O3/c1-2-27-10-12(9-24-27)21(29)26-19-8-18(14-4-5-15(14)19)25-20(28)11-30-13-3-6-16(22)17(23)7-13/h3,6-7,12,14-15,18-19,24H,2,4-5,8-11H2,1H3,(H,25,28)(H,26,29)/t12?,14?,15?,18-,19?/m0/s1. The van der Waals surface area contributed by atoms with E-state index in [0.717, 1.165) is 38.4 Å². The van der Waals surface area contributed by atoms with E-state index in [2.05, 4.69) is 28.0 Å². The Hall–Kier alpha value is -1.90. The summed E-state index contributed by atoms with van der Waals surface area (Å²) < 4.78 is 18.9. The van der Waals surface area contributed by atoms with Crippen molar-refractivity contribution < 1.29 is 18.7 Å². The molecule has 0 bridgehead atoms. The number of nitrogens with zero attached hydrogens (tertiary/aromatic N) is 1. The molecule has 3 N–H and O–H groups in total. The second-order valence-corrected chi connectivity index (χ2v) is 8.80. The maximum absolute atomic E-state index is 13.5. The number of rotatable bonds is 7. The summed E-state index contributed by atoms with van der Waals surface area (Å²) in [5.41, 5.74) is 3.24. The van der Waals surface area contributed by atoms with E-state index in [0.29, 0.717) is 18.4 Å². The molecule has 1 aliphatic heterocycles. The van der Waals surface area contributed by atoms with Gasteiger partial charge in [-0.1, -0.05) is 18.5 Å². The lowest BCUT2D eigenvalue weighted by Gasteiger charge is -2.36. The quantitative estimate of drug-likeness (QED) is 0.603. The topological polar surface area (TPSA) is 82.7 Å². The Labute approximate surface area is 180 Å². The first-order valence-electron chi connectivity index (χ1n) is 10.6. The number of carbonyl (C=O) groups excluding carboxylic acids is 2. The first kappa shape index (κ1) is 21.3. The molecule has 0 spiro atoms. The Balaban J connectivity index is 1.25. The number of benzene rings is 1. The van der Waals surface area contributed by atoms with Crippen molar-refractivity contribution in [1.82, 2.24) is 21.1 Å². The molecule has 2 saturated carbocycles. The third-order valence-electron chi connectivity index (χ3n) is 6.61. The first-order valence-corrected chi connectivity index (χ1v) is 11.0. The third-order valence-corrected chi connectivity index (χ3v) is 6.92. The Bertz CT molecular complexity index is 810. The lowest BCUT2D eigenvalue weighted by molar-refractivity contribution is -0.125. The minimum absolute atomic E-state index is 0.0117. The van der Waals surface area contributed by atoms with Crippen molar-refractivity contribution in [2.24, 2.45) is 17.8 Å². The molecule has 1 heterocycles. The monoisotopic (exact) mass is 438 g/mol. The van der Waals surface area contributed by atoms with Crippen LogP contribution in [0.3, 0.4) is 0 Å². The number of hydrogen-bond donors (Lipinski definition) is 3. The van der Waals surface area contributed by atoms with E-state index in [4.69, 9.17) is 16.3 Å². The third kappa shape index (κ3) is 4.55. The van der Waals surface area contributed by atoms with Gasteiger partial charge in [-0.2, -0.15) is 0 Å². The Morgan fingerprint density at radius 1 is 1.27 bits per heavy atom. The number of fused-ring (bicyclic) bond motifs is 1. The predicted molar refractivity (Wildman–Crippen MR) is 110 cm³/mol. The minimum Gasteiger partial charge on any atom is -0.484 e. The predicted octanol–water partition coefficient (Wildman–Crippen LogP) is 1.71. The van der Waals surface area contributed by atoms with Gasteiger partial charge in [-0.25, -0.2) is 9.40 Å². The Morgan fingerprint density at radius 3 is 2.63 bits per heavy atom. The van der Waals surface area contributed by atoms with Crippen LogP contribution < -0.4 is 20.8 Å². The summed E-state index contributed by atoms with van der Waals surface area (Å²) in [5, 5.41) is 8.33. The molecule has 3 aliphatic rings. The molecular formula is C21H28ClFN4O3. The molecule has 0 aromatic heterocycles. The molecule has 4 rings (SSSR count). The molecule has 2 aliphatic carbocycles. The van der Waals surface area contributed by atoms with Gasteiger partial charge < -0.3 is 15.4 Å². The smallest absolute Gasteiger partial charge is 0.258 e. The van der Waals surface area contributed by atoms with Gasteiger partial charge in [-0.3, -0.25) is 15.0 Å². The van der Waals surface area contributed by atoms with Gasteiger partial charge in [0.15, 0.2) is 6.61 Å². The van der Waals surface area contributed by atoms with E-state index in [1.165, 1.54) is 12.1 Å². The van der Waals surface area contributed by atoms with Crippen molar-refractivity contribution in [2.45, 2.75) is 38.3 Å². The molecule has 9 heteroatoms. The molecular weight excluding hydrogens is 411 g/mol. The molecule has 0 radical (unpaired) electrons. The molecule has 1 aromatic rings. The van der Waals surface area contributed by atoms with E-state index in [1.54, 1.807) is 0 Å². The van der Waals surface area contributed by atoms with Crippen LogP contribution in [0.4, 0.5) is 4.39 Å². The fourth-order valence-corrected chi connectivity index (χ4v) is 4.94. The van der Waals surface area contributed by atoms with Gasteiger partial charge in [0.2, 0.25) is 5.91 Å². The molecule has 164 valence electrons. The van der Waals surface area contributed by atoms with Crippen LogP contribution >= 0.6 is 11.6 Å². The van der Waals surface area contributed by atoms with Crippen LogP contribution in [0.5, 0.6) is 5.75 Å². The molecule has 2 amide bonds. The number of halogens is 2. The summed E-state index contributed by atoms with van der Waals surface area (Å²) in [5.74, 6) is 0.298. The largest absolute Gasteiger partial charge is 0.484 e. The zero-order valence-corrected chi connectivity index (χ0v) is 17.8. The lowest BCUT2D eigenvalue weighted by Crippen LogP contribution is -2.45. The summed E-state index contributed by atoms with van der Waals surface area (Å²) in [7, 11) is 0. The molecule has 5 atom stereocenters. The number of carbonyl (C=O) groups is 2. The van der Waals surface area contributed by atoms with Crippen molar-refractivity contribution in [3.05, 3.63) is 29.0 Å². The van der Waals surface area contributed by atoms with Crippen LogP contribution in [0.25, 0.3) is 0 Å². The van der Waals surface area contributed by atoms with Gasteiger partial charge in [-0.05, 0) is 43.2 Å². The Morgan fingerprint density at radius 2 is 2.00 bits per heavy atom. The van der Waals surface area contributed by atoms with Crippen LogP contribution in [-0.4, -0.2) is 55.1 Å². The summed E-state index contributed by atoms with van der Waals surface area (Å²) in [6, 6.07) is 4.21. The number of ether oxygens (including phenoxy) is 1. The maximum Gasteiger partial charge on any atom is 0.258 e. The van der Waals surface area contributed by atoms with E-state index in [9.17, 15) is 14.0 Å². The van der Waals surface area contributed by atoms with Crippen LogP contribution in [0.1, 0.15) is 26.2 Å². The second kappa shape index (κ2) is 9.08. The highest BCUT2D eigenvalue weighted by molar-refractivity contribution is 6.30. The number of hydrogen-bond acceptors (Lipinski definition) is 5. The van der Waals surface area contributed by atoms with Gasteiger partial charge in [0.1, 0.15) is 11.6 Å². The summed E-state index contributed by atoms with van der Waals surface area (Å²) in [4.78, 5) is 25.0. The highest BCUT2D eigenvalue weighted by Gasteiger charge is 2.49. The average molecular weight is 439 g/mol. The van der Waals surface area contributed by atoms with E-state index in [-0.39, 0.29) is 47.2 Å². The summed E-state index contributed by atoms with van der Waals surface area (Å²) in [6.07, 6.45) is 2.87. The molecule has 1 aromatic carbocycles. The van der Waals surface area contributed by atoms with Crippen molar-refractivity contribution in [3.63, 3.8) is 0 Å². The average Bonchev–Trinajstić information content (AvgIpc) is 3.25. The van der Waals surface area contributed by atoms with Crippen molar-refractivity contribution in [1.29, 1.82) is 0 Å². The van der Waals surface area contributed by atoms with Crippen LogP contribution in [0.2, 0.25) is 5.02 Å². The molecule has 1 saturated heterocycles. The number of amides is 2. The van der Waals surface area contributed by atoms with Crippen molar-refractivity contribution in [3.8, 4) is 5.75 Å². The number of hydrazine groups is 1. The van der Waals surface area contributed by atoms with E-state index < -0.39 is 5.82 Å². The fraction of sp³-hybridized carbons (Fsp3) is 0.619. The van der Waals surface area contributed by atoms with E-state index >= 15 is 0 Å². The Kier molecular flexibility index (Phi) is 6.46. The number of nitrogens with one attached hydrogen (secondary N) is 3. The maximum atomic E-state index is 13.5. The molecule has 30 heavy (non-hydrogen) atoms. The second-order valence-electron chi connectivity index (χ2n) is 8.39. The fourth-order valence-electron chi connectivity index (χ4n) is 4.82. The van der Waals surface area contributed by atoms with Crippen molar-refractivity contribution in [2.75, 3.05) is 26.2 Å². The highest BCUT2D eigenvalue weighted by atomic mass is 35.5. The van der Waals surface area contributed by atoms with Crippen LogP contribution in [0, 0.1) is 23.6 Å².